The van der Waals surface area contributed by atoms with E-state index in [9.17, 15) is 9.59 Å². The number of aromatic nitrogens is 1. The van der Waals surface area contributed by atoms with Crippen LogP contribution in [-0.4, -0.2) is 23.5 Å². The lowest BCUT2D eigenvalue weighted by Gasteiger charge is -2.14. The standard InChI is InChI=1S/C19H17ClN2O3/c1-12(13-6-8-14(20)9-7-13)22-18(23)11-25-19(24)16-10-21-17-5-3-2-4-15(16)17/h2-10,12,21H,11H2,1H3,(H,22,23)/t12-/m0/s1. The van der Waals surface area contributed by atoms with E-state index in [4.69, 9.17) is 16.3 Å². The van der Waals surface area contributed by atoms with E-state index < -0.39 is 5.97 Å². The molecule has 0 aliphatic heterocycles. The van der Waals surface area contributed by atoms with Crippen molar-refractivity contribution >= 4 is 34.4 Å². The highest BCUT2D eigenvalue weighted by Crippen LogP contribution is 2.19. The normalized spacial score (nSPS) is 11.9. The Balaban J connectivity index is 1.56. The molecule has 0 aliphatic rings. The van der Waals surface area contributed by atoms with Crippen molar-refractivity contribution in [3.63, 3.8) is 0 Å². The lowest BCUT2D eigenvalue weighted by atomic mass is 10.1. The van der Waals surface area contributed by atoms with Crippen LogP contribution in [0.25, 0.3) is 10.9 Å². The molecule has 3 aromatic rings. The van der Waals surface area contributed by atoms with Gasteiger partial charge in [-0.25, -0.2) is 4.79 Å². The molecule has 1 atom stereocenters. The Bertz CT molecular complexity index is 902. The fourth-order valence-corrected chi connectivity index (χ4v) is 2.69. The van der Waals surface area contributed by atoms with Gasteiger partial charge >= 0.3 is 5.97 Å². The summed E-state index contributed by atoms with van der Waals surface area (Å²) < 4.78 is 5.12. The van der Waals surface area contributed by atoms with Crippen molar-refractivity contribution in [3.8, 4) is 0 Å². The zero-order valence-electron chi connectivity index (χ0n) is 13.6. The first-order chi connectivity index (χ1) is 12.0. The molecule has 2 N–H and O–H groups in total. The van der Waals surface area contributed by atoms with Gasteiger partial charge < -0.3 is 15.0 Å². The summed E-state index contributed by atoms with van der Waals surface area (Å²) >= 11 is 5.85. The Labute approximate surface area is 149 Å². The van der Waals surface area contributed by atoms with E-state index >= 15 is 0 Å². The Hall–Kier alpha value is -2.79. The second-order valence-corrected chi connectivity index (χ2v) is 6.10. The van der Waals surface area contributed by atoms with Gasteiger partial charge in [-0.2, -0.15) is 0 Å². The van der Waals surface area contributed by atoms with Crippen LogP contribution in [0.4, 0.5) is 0 Å². The molecule has 6 heteroatoms. The molecule has 0 unspecified atom stereocenters. The van der Waals surface area contributed by atoms with Gasteiger partial charge in [-0.1, -0.05) is 41.9 Å². The number of benzene rings is 2. The van der Waals surface area contributed by atoms with Crippen LogP contribution in [0.1, 0.15) is 28.9 Å². The number of hydrogen-bond donors (Lipinski definition) is 2. The van der Waals surface area contributed by atoms with E-state index in [-0.39, 0.29) is 18.6 Å². The monoisotopic (exact) mass is 356 g/mol. The molecule has 25 heavy (non-hydrogen) atoms. The number of amides is 1. The van der Waals surface area contributed by atoms with Crippen LogP contribution in [0.2, 0.25) is 5.02 Å². The lowest BCUT2D eigenvalue weighted by molar-refractivity contribution is -0.124. The average molecular weight is 357 g/mol. The zero-order chi connectivity index (χ0) is 17.8. The predicted octanol–water partition coefficient (Wildman–Crippen LogP) is 3.86. The highest BCUT2D eigenvalue weighted by atomic mass is 35.5. The maximum atomic E-state index is 12.2. The summed E-state index contributed by atoms with van der Waals surface area (Å²) in [6, 6.07) is 14.4. The van der Waals surface area contributed by atoms with Crippen molar-refractivity contribution in [2.45, 2.75) is 13.0 Å². The van der Waals surface area contributed by atoms with E-state index in [1.54, 1.807) is 18.3 Å². The molecule has 128 valence electrons. The molecule has 0 fully saturated rings. The molecular formula is C19H17ClN2O3. The van der Waals surface area contributed by atoms with Gasteiger partial charge in [-0.15, -0.1) is 0 Å². The number of esters is 1. The summed E-state index contributed by atoms with van der Waals surface area (Å²) in [4.78, 5) is 27.2. The van der Waals surface area contributed by atoms with Gasteiger partial charge in [0, 0.05) is 22.1 Å². The van der Waals surface area contributed by atoms with E-state index in [1.807, 2.05) is 43.3 Å². The van der Waals surface area contributed by atoms with Crippen molar-refractivity contribution in [1.82, 2.24) is 10.3 Å². The average Bonchev–Trinajstić information content (AvgIpc) is 3.04. The van der Waals surface area contributed by atoms with Crippen LogP contribution in [0.5, 0.6) is 0 Å². The number of aromatic amines is 1. The second-order valence-electron chi connectivity index (χ2n) is 5.66. The molecule has 3 rings (SSSR count). The zero-order valence-corrected chi connectivity index (χ0v) is 14.3. The maximum absolute atomic E-state index is 12.2. The van der Waals surface area contributed by atoms with Crippen LogP contribution in [-0.2, 0) is 9.53 Å². The number of carbonyl (C=O) groups excluding carboxylic acids is 2. The molecule has 1 aromatic heterocycles. The van der Waals surface area contributed by atoms with Crippen molar-refractivity contribution < 1.29 is 14.3 Å². The van der Waals surface area contributed by atoms with Crippen LogP contribution < -0.4 is 5.32 Å². The molecule has 0 spiro atoms. The Kier molecular flexibility index (Phi) is 5.05. The van der Waals surface area contributed by atoms with Crippen molar-refractivity contribution in [3.05, 3.63) is 70.9 Å². The molecule has 1 heterocycles. The Morgan fingerprint density at radius 3 is 2.64 bits per heavy atom. The molecular weight excluding hydrogens is 340 g/mol. The molecule has 0 bridgehead atoms. The molecule has 0 radical (unpaired) electrons. The minimum absolute atomic E-state index is 0.212. The predicted molar refractivity (Wildman–Crippen MR) is 96.6 cm³/mol. The van der Waals surface area contributed by atoms with E-state index in [2.05, 4.69) is 10.3 Å². The van der Waals surface area contributed by atoms with Crippen molar-refractivity contribution in [2.75, 3.05) is 6.61 Å². The Morgan fingerprint density at radius 2 is 1.88 bits per heavy atom. The number of halogens is 1. The summed E-state index contributed by atoms with van der Waals surface area (Å²) in [6.45, 7) is 1.51. The smallest absolute Gasteiger partial charge is 0.340 e. The fourth-order valence-electron chi connectivity index (χ4n) is 2.57. The minimum atomic E-state index is -0.535. The third-order valence-corrected chi connectivity index (χ3v) is 4.14. The SMILES string of the molecule is C[C@H](NC(=O)COC(=O)c1c[nH]c2ccccc12)c1ccc(Cl)cc1. The summed E-state index contributed by atoms with van der Waals surface area (Å²) in [5, 5.41) is 4.19. The minimum Gasteiger partial charge on any atom is -0.452 e. The molecule has 1 amide bonds. The molecule has 5 nitrogen and oxygen atoms in total. The summed E-state index contributed by atoms with van der Waals surface area (Å²) in [5.41, 5.74) is 2.17. The fraction of sp³-hybridized carbons (Fsp3) is 0.158. The van der Waals surface area contributed by atoms with E-state index in [0.717, 1.165) is 16.5 Å². The number of fused-ring (bicyclic) bond motifs is 1. The van der Waals surface area contributed by atoms with Gasteiger partial charge in [0.25, 0.3) is 5.91 Å². The van der Waals surface area contributed by atoms with Gasteiger partial charge in [-0.3, -0.25) is 4.79 Å². The third-order valence-electron chi connectivity index (χ3n) is 3.89. The second kappa shape index (κ2) is 7.40. The number of nitrogens with one attached hydrogen (secondary N) is 2. The first-order valence-electron chi connectivity index (χ1n) is 7.82. The topological polar surface area (TPSA) is 71.2 Å². The van der Waals surface area contributed by atoms with Crippen LogP contribution in [0.3, 0.4) is 0 Å². The molecule has 0 saturated carbocycles. The number of para-hydroxylation sites is 1. The van der Waals surface area contributed by atoms with Crippen LogP contribution in [0.15, 0.2) is 54.7 Å². The Morgan fingerprint density at radius 1 is 1.16 bits per heavy atom. The molecule has 2 aromatic carbocycles. The van der Waals surface area contributed by atoms with Crippen molar-refractivity contribution in [2.24, 2.45) is 0 Å². The van der Waals surface area contributed by atoms with Gasteiger partial charge in [0.05, 0.1) is 11.6 Å². The largest absolute Gasteiger partial charge is 0.452 e. The first kappa shape index (κ1) is 17.0. The number of ether oxygens (including phenoxy) is 1. The summed E-state index contributed by atoms with van der Waals surface area (Å²) in [6.07, 6.45) is 1.58. The number of H-pyrrole nitrogens is 1. The molecule has 0 saturated heterocycles. The van der Waals surface area contributed by atoms with E-state index in [1.165, 1.54) is 0 Å². The van der Waals surface area contributed by atoms with Crippen LogP contribution >= 0.6 is 11.6 Å². The summed E-state index contributed by atoms with van der Waals surface area (Å²) in [7, 11) is 0. The van der Waals surface area contributed by atoms with Gasteiger partial charge in [0.2, 0.25) is 0 Å². The number of carbonyl (C=O) groups is 2. The van der Waals surface area contributed by atoms with Gasteiger partial charge in [0.1, 0.15) is 0 Å². The maximum Gasteiger partial charge on any atom is 0.340 e. The lowest BCUT2D eigenvalue weighted by Crippen LogP contribution is -2.31. The highest BCUT2D eigenvalue weighted by molar-refractivity contribution is 6.30. The molecule has 0 aliphatic carbocycles. The highest BCUT2D eigenvalue weighted by Gasteiger charge is 2.16. The van der Waals surface area contributed by atoms with Crippen LogP contribution in [0, 0.1) is 0 Å². The summed E-state index contributed by atoms with van der Waals surface area (Å²) in [5.74, 6) is -0.901. The third kappa shape index (κ3) is 4.00. The van der Waals surface area contributed by atoms with Gasteiger partial charge in [0.15, 0.2) is 6.61 Å². The van der Waals surface area contributed by atoms with Gasteiger partial charge in [-0.05, 0) is 30.7 Å². The van der Waals surface area contributed by atoms with E-state index in [0.29, 0.717) is 10.6 Å². The number of hydrogen-bond acceptors (Lipinski definition) is 3. The number of rotatable bonds is 5. The quantitative estimate of drug-likeness (QED) is 0.682. The van der Waals surface area contributed by atoms with Crippen molar-refractivity contribution in [1.29, 1.82) is 0 Å². The first-order valence-corrected chi connectivity index (χ1v) is 8.20.